The van der Waals surface area contributed by atoms with Crippen LogP contribution in [0.25, 0.3) is 0 Å². The summed E-state index contributed by atoms with van der Waals surface area (Å²) < 4.78 is 1.84. The number of nitrogens with zero attached hydrogens (tertiary/aromatic N) is 1. The number of hydrogen-bond donors (Lipinski definition) is 2. The fourth-order valence-electron chi connectivity index (χ4n) is 1.13. The number of carbonyl (C=O) groups is 1. The topological polar surface area (TPSA) is 46.1 Å². The molecule has 0 saturated heterocycles. The van der Waals surface area contributed by atoms with E-state index in [4.69, 9.17) is 0 Å². The van der Waals surface area contributed by atoms with E-state index in [9.17, 15) is 4.79 Å². The maximum atomic E-state index is 11.2. The summed E-state index contributed by atoms with van der Waals surface area (Å²) in [5.74, 6) is 0.0830. The van der Waals surface area contributed by atoms with E-state index in [-0.39, 0.29) is 11.9 Å². The molecule has 2 N–H and O–H groups in total. The summed E-state index contributed by atoms with van der Waals surface area (Å²) in [6.45, 7) is 4.56. The molecule has 1 heterocycles. The molecule has 4 nitrogen and oxygen atoms in total. The largest absolute Gasteiger partial charge is 0.354 e. The fraction of sp³-hybridized carbons (Fsp3) is 0.500. The van der Waals surface area contributed by atoms with Crippen molar-refractivity contribution in [2.75, 3.05) is 12.0 Å². The molecule has 0 unspecified atom stereocenters. The van der Waals surface area contributed by atoms with Crippen LogP contribution in [0.2, 0.25) is 0 Å². The van der Waals surface area contributed by atoms with Crippen molar-refractivity contribution in [3.05, 3.63) is 24.5 Å². The van der Waals surface area contributed by atoms with Gasteiger partial charge in [0.25, 0.3) is 0 Å². The molecular weight excluding hydrogens is 178 g/mol. The molecule has 1 amide bonds. The zero-order valence-corrected chi connectivity index (χ0v) is 8.66. The second-order valence-electron chi connectivity index (χ2n) is 3.47. The predicted molar refractivity (Wildman–Crippen MR) is 56.6 cm³/mol. The predicted octanol–water partition coefficient (Wildman–Crippen LogP) is 0.946. The standard InChI is InChI=1S/C10H17N3O/c1-9(2)12-10(14)5-6-11-13-7-3-4-8-13/h3-4,7-9,11H,5-6H2,1-2H3,(H,12,14). The lowest BCUT2D eigenvalue weighted by Gasteiger charge is -2.09. The van der Waals surface area contributed by atoms with Gasteiger partial charge < -0.3 is 10.7 Å². The van der Waals surface area contributed by atoms with Crippen molar-refractivity contribution in [3.63, 3.8) is 0 Å². The molecule has 0 fully saturated rings. The molecule has 0 aromatic carbocycles. The Balaban J connectivity index is 2.12. The van der Waals surface area contributed by atoms with Crippen LogP contribution >= 0.6 is 0 Å². The zero-order chi connectivity index (χ0) is 10.4. The molecule has 78 valence electrons. The van der Waals surface area contributed by atoms with Crippen LogP contribution in [-0.2, 0) is 4.79 Å². The number of amides is 1. The van der Waals surface area contributed by atoms with E-state index in [1.165, 1.54) is 0 Å². The summed E-state index contributed by atoms with van der Waals surface area (Å²) in [6.07, 6.45) is 4.30. The van der Waals surface area contributed by atoms with Crippen LogP contribution in [-0.4, -0.2) is 23.2 Å². The Labute approximate surface area is 84.3 Å². The first-order chi connectivity index (χ1) is 6.68. The quantitative estimate of drug-likeness (QED) is 0.734. The van der Waals surface area contributed by atoms with Gasteiger partial charge in [-0.2, -0.15) is 0 Å². The van der Waals surface area contributed by atoms with Crippen molar-refractivity contribution < 1.29 is 4.79 Å². The van der Waals surface area contributed by atoms with Gasteiger partial charge in [-0.3, -0.25) is 9.47 Å². The highest BCUT2D eigenvalue weighted by Gasteiger charge is 2.01. The average Bonchev–Trinajstić information content (AvgIpc) is 2.55. The Bertz CT molecular complexity index is 267. The summed E-state index contributed by atoms with van der Waals surface area (Å²) in [5.41, 5.74) is 3.08. The third kappa shape index (κ3) is 3.98. The molecule has 1 aromatic rings. The Morgan fingerprint density at radius 3 is 2.57 bits per heavy atom. The lowest BCUT2D eigenvalue weighted by atomic mass is 10.3. The second kappa shape index (κ2) is 5.32. The van der Waals surface area contributed by atoms with Crippen LogP contribution < -0.4 is 10.7 Å². The number of aromatic nitrogens is 1. The van der Waals surface area contributed by atoms with Crippen LogP contribution in [0.4, 0.5) is 0 Å². The lowest BCUT2D eigenvalue weighted by molar-refractivity contribution is -0.121. The van der Waals surface area contributed by atoms with Crippen molar-refractivity contribution in [2.45, 2.75) is 26.3 Å². The minimum absolute atomic E-state index is 0.0830. The molecule has 0 radical (unpaired) electrons. The Morgan fingerprint density at radius 2 is 2.00 bits per heavy atom. The Hall–Kier alpha value is -1.45. The van der Waals surface area contributed by atoms with E-state index < -0.39 is 0 Å². The molecule has 0 aliphatic carbocycles. The van der Waals surface area contributed by atoms with E-state index in [0.717, 1.165) is 0 Å². The maximum Gasteiger partial charge on any atom is 0.222 e. The van der Waals surface area contributed by atoms with Crippen molar-refractivity contribution >= 4 is 5.91 Å². The van der Waals surface area contributed by atoms with E-state index in [2.05, 4.69) is 10.7 Å². The first kappa shape index (κ1) is 10.6. The summed E-state index contributed by atoms with van der Waals surface area (Å²) in [4.78, 5) is 11.2. The third-order valence-electron chi connectivity index (χ3n) is 1.70. The van der Waals surface area contributed by atoms with Gasteiger partial charge in [-0.05, 0) is 26.0 Å². The van der Waals surface area contributed by atoms with Gasteiger partial charge in [-0.15, -0.1) is 0 Å². The van der Waals surface area contributed by atoms with Crippen molar-refractivity contribution in [3.8, 4) is 0 Å². The van der Waals surface area contributed by atoms with Gasteiger partial charge in [0.15, 0.2) is 0 Å². The minimum Gasteiger partial charge on any atom is -0.354 e. The summed E-state index contributed by atoms with van der Waals surface area (Å²) in [5, 5.41) is 2.83. The molecule has 0 aliphatic heterocycles. The number of hydrogen-bond acceptors (Lipinski definition) is 2. The highest BCUT2D eigenvalue weighted by Crippen LogP contribution is 1.87. The van der Waals surface area contributed by atoms with Gasteiger partial charge in [0.2, 0.25) is 5.91 Å². The van der Waals surface area contributed by atoms with Crippen molar-refractivity contribution in [1.82, 2.24) is 9.99 Å². The van der Waals surface area contributed by atoms with E-state index in [1.807, 2.05) is 43.0 Å². The summed E-state index contributed by atoms with van der Waals surface area (Å²) >= 11 is 0. The van der Waals surface area contributed by atoms with Gasteiger partial charge in [0, 0.05) is 31.4 Å². The fourth-order valence-corrected chi connectivity index (χ4v) is 1.13. The van der Waals surface area contributed by atoms with Gasteiger partial charge >= 0.3 is 0 Å². The van der Waals surface area contributed by atoms with Crippen LogP contribution in [0, 0.1) is 0 Å². The molecule has 1 rings (SSSR count). The minimum atomic E-state index is 0.0830. The third-order valence-corrected chi connectivity index (χ3v) is 1.70. The van der Waals surface area contributed by atoms with Gasteiger partial charge in [0.05, 0.1) is 0 Å². The molecule has 0 atom stereocenters. The molecule has 0 spiro atoms. The van der Waals surface area contributed by atoms with Crippen LogP contribution in [0.15, 0.2) is 24.5 Å². The monoisotopic (exact) mass is 195 g/mol. The molecule has 0 aliphatic rings. The molecule has 0 bridgehead atoms. The molecule has 14 heavy (non-hydrogen) atoms. The first-order valence-electron chi connectivity index (χ1n) is 4.84. The van der Waals surface area contributed by atoms with E-state index in [0.29, 0.717) is 13.0 Å². The SMILES string of the molecule is CC(C)NC(=O)CCNn1cccc1. The summed E-state index contributed by atoms with van der Waals surface area (Å²) in [7, 11) is 0. The second-order valence-corrected chi connectivity index (χ2v) is 3.47. The molecule has 1 aromatic heterocycles. The van der Waals surface area contributed by atoms with Crippen LogP contribution in [0.5, 0.6) is 0 Å². The molecule has 4 heteroatoms. The number of carbonyl (C=O) groups excluding carboxylic acids is 1. The summed E-state index contributed by atoms with van der Waals surface area (Å²) in [6, 6.07) is 4.08. The van der Waals surface area contributed by atoms with Gasteiger partial charge in [-0.1, -0.05) is 0 Å². The number of nitrogens with one attached hydrogen (secondary N) is 2. The van der Waals surface area contributed by atoms with Crippen LogP contribution in [0.1, 0.15) is 20.3 Å². The highest BCUT2D eigenvalue weighted by molar-refractivity contribution is 5.76. The zero-order valence-electron chi connectivity index (χ0n) is 8.66. The van der Waals surface area contributed by atoms with E-state index in [1.54, 1.807) is 0 Å². The highest BCUT2D eigenvalue weighted by atomic mass is 16.1. The normalized spacial score (nSPS) is 10.2. The van der Waals surface area contributed by atoms with Crippen LogP contribution in [0.3, 0.4) is 0 Å². The molecular formula is C10H17N3O. The smallest absolute Gasteiger partial charge is 0.222 e. The Morgan fingerprint density at radius 1 is 1.36 bits per heavy atom. The van der Waals surface area contributed by atoms with Crippen molar-refractivity contribution in [1.29, 1.82) is 0 Å². The number of rotatable bonds is 5. The Kier molecular flexibility index (Phi) is 4.04. The maximum absolute atomic E-state index is 11.2. The first-order valence-corrected chi connectivity index (χ1v) is 4.84. The van der Waals surface area contributed by atoms with Crippen molar-refractivity contribution in [2.24, 2.45) is 0 Å². The van der Waals surface area contributed by atoms with Gasteiger partial charge in [-0.25, -0.2) is 0 Å². The van der Waals surface area contributed by atoms with E-state index >= 15 is 0 Å². The van der Waals surface area contributed by atoms with Gasteiger partial charge in [0.1, 0.15) is 0 Å². The molecule has 0 saturated carbocycles. The average molecular weight is 195 g/mol. The lowest BCUT2D eigenvalue weighted by Crippen LogP contribution is -2.32.